The van der Waals surface area contributed by atoms with Crippen LogP contribution in [0.5, 0.6) is 0 Å². The zero-order chi connectivity index (χ0) is 13.9. The lowest BCUT2D eigenvalue weighted by Crippen LogP contribution is -2.62. The van der Waals surface area contributed by atoms with Gasteiger partial charge in [0.15, 0.2) is 0 Å². The van der Waals surface area contributed by atoms with Crippen molar-refractivity contribution >= 4 is 5.91 Å². The molecule has 0 bridgehead atoms. The molecule has 1 N–H and O–H groups in total. The van der Waals surface area contributed by atoms with E-state index in [1.54, 1.807) is 4.90 Å². The van der Waals surface area contributed by atoms with Crippen molar-refractivity contribution in [2.75, 3.05) is 26.7 Å². The van der Waals surface area contributed by atoms with Crippen molar-refractivity contribution in [2.45, 2.75) is 25.5 Å². The zero-order valence-corrected chi connectivity index (χ0v) is 11.7. The van der Waals surface area contributed by atoms with Gasteiger partial charge < -0.3 is 10.0 Å². The highest BCUT2D eigenvalue weighted by Gasteiger charge is 2.40. The number of amides is 1. The molecule has 2 rings (SSSR count). The molecule has 1 heterocycles. The van der Waals surface area contributed by atoms with E-state index in [0.29, 0.717) is 26.2 Å². The Bertz CT molecular complexity index is 427. The molecule has 0 aromatic heterocycles. The van der Waals surface area contributed by atoms with Crippen molar-refractivity contribution in [3.05, 3.63) is 35.9 Å². The van der Waals surface area contributed by atoms with Crippen molar-refractivity contribution in [1.29, 1.82) is 0 Å². The van der Waals surface area contributed by atoms with E-state index in [0.717, 1.165) is 12.0 Å². The number of carbonyl (C=O) groups excluding carboxylic acids is 1. The molecular formula is C15H22N2O2. The molecular weight excluding hydrogens is 240 g/mol. The molecule has 104 valence electrons. The van der Waals surface area contributed by atoms with Crippen LogP contribution in [-0.4, -0.2) is 53.1 Å². The van der Waals surface area contributed by atoms with Gasteiger partial charge in [0.1, 0.15) is 0 Å². The number of hydrogen-bond acceptors (Lipinski definition) is 3. The first-order valence-electron chi connectivity index (χ1n) is 6.75. The molecule has 1 saturated heterocycles. The number of β-amino-alcohol motifs (C(OH)–C–C–N with tert-alkyl or cyclic N) is 1. The zero-order valence-electron chi connectivity index (χ0n) is 11.7. The molecule has 1 fully saturated rings. The number of benzene rings is 1. The van der Waals surface area contributed by atoms with Gasteiger partial charge in [-0.2, -0.15) is 0 Å². The van der Waals surface area contributed by atoms with Crippen LogP contribution in [0.25, 0.3) is 0 Å². The Morgan fingerprint density at radius 3 is 2.58 bits per heavy atom. The summed E-state index contributed by atoms with van der Waals surface area (Å²) < 4.78 is 0. The predicted molar refractivity (Wildman–Crippen MR) is 74.6 cm³/mol. The van der Waals surface area contributed by atoms with Gasteiger partial charge in [-0.25, -0.2) is 0 Å². The maximum atomic E-state index is 12.1. The Labute approximate surface area is 114 Å². The second kappa shape index (κ2) is 5.72. The first-order valence-corrected chi connectivity index (χ1v) is 6.75. The lowest BCUT2D eigenvalue weighted by molar-refractivity contribution is -0.141. The van der Waals surface area contributed by atoms with E-state index in [-0.39, 0.29) is 5.91 Å². The van der Waals surface area contributed by atoms with Crippen molar-refractivity contribution in [3.8, 4) is 0 Å². The van der Waals surface area contributed by atoms with Crippen LogP contribution >= 0.6 is 0 Å². The third-order valence-electron chi connectivity index (χ3n) is 3.74. The standard InChI is InChI=1S/C15H22N2O2/c1-3-15(19)11-17(12-15)10-14(18)16(2)9-13-7-5-4-6-8-13/h4-8,19H,3,9-12H2,1-2H3. The van der Waals surface area contributed by atoms with Crippen LogP contribution in [0.3, 0.4) is 0 Å². The molecule has 1 aromatic carbocycles. The van der Waals surface area contributed by atoms with E-state index in [1.807, 2.05) is 49.2 Å². The van der Waals surface area contributed by atoms with E-state index < -0.39 is 5.60 Å². The number of aliphatic hydroxyl groups is 1. The van der Waals surface area contributed by atoms with Crippen molar-refractivity contribution in [2.24, 2.45) is 0 Å². The van der Waals surface area contributed by atoms with Crippen LogP contribution in [0, 0.1) is 0 Å². The lowest BCUT2D eigenvalue weighted by atomic mass is 9.91. The number of hydrogen-bond donors (Lipinski definition) is 1. The van der Waals surface area contributed by atoms with Gasteiger partial charge in [0.25, 0.3) is 0 Å². The predicted octanol–water partition coefficient (Wildman–Crippen LogP) is 1.10. The quantitative estimate of drug-likeness (QED) is 0.864. The molecule has 0 atom stereocenters. The Morgan fingerprint density at radius 2 is 2.00 bits per heavy atom. The second-order valence-corrected chi connectivity index (χ2v) is 5.46. The van der Waals surface area contributed by atoms with Gasteiger partial charge >= 0.3 is 0 Å². The van der Waals surface area contributed by atoms with Gasteiger partial charge in [0, 0.05) is 26.7 Å². The average Bonchev–Trinajstić information content (AvgIpc) is 2.37. The first-order chi connectivity index (χ1) is 9.02. The van der Waals surface area contributed by atoms with E-state index in [1.165, 1.54) is 0 Å². The third-order valence-corrected chi connectivity index (χ3v) is 3.74. The van der Waals surface area contributed by atoms with Crippen molar-refractivity contribution in [3.63, 3.8) is 0 Å². The molecule has 1 aliphatic rings. The van der Waals surface area contributed by atoms with E-state index in [9.17, 15) is 9.90 Å². The Hall–Kier alpha value is -1.39. The van der Waals surface area contributed by atoms with Gasteiger partial charge in [-0.3, -0.25) is 9.69 Å². The van der Waals surface area contributed by atoms with Crippen LogP contribution in [0.15, 0.2) is 30.3 Å². The van der Waals surface area contributed by atoms with E-state index in [4.69, 9.17) is 0 Å². The van der Waals surface area contributed by atoms with Gasteiger partial charge in [-0.1, -0.05) is 37.3 Å². The molecule has 4 nitrogen and oxygen atoms in total. The minimum atomic E-state index is -0.571. The van der Waals surface area contributed by atoms with Crippen LogP contribution in [0.1, 0.15) is 18.9 Å². The minimum Gasteiger partial charge on any atom is -0.387 e. The summed E-state index contributed by atoms with van der Waals surface area (Å²) in [5.74, 6) is 0.0991. The summed E-state index contributed by atoms with van der Waals surface area (Å²) in [7, 11) is 1.82. The third kappa shape index (κ3) is 3.55. The summed E-state index contributed by atoms with van der Waals surface area (Å²) in [6.45, 7) is 4.21. The smallest absolute Gasteiger partial charge is 0.236 e. The monoisotopic (exact) mass is 262 g/mol. The molecule has 1 aliphatic heterocycles. The largest absolute Gasteiger partial charge is 0.387 e. The Kier molecular flexibility index (Phi) is 4.22. The van der Waals surface area contributed by atoms with Crippen LogP contribution in [0.2, 0.25) is 0 Å². The topological polar surface area (TPSA) is 43.8 Å². The highest BCUT2D eigenvalue weighted by Crippen LogP contribution is 2.23. The first kappa shape index (κ1) is 14.0. The van der Waals surface area contributed by atoms with Gasteiger partial charge in [-0.05, 0) is 12.0 Å². The maximum Gasteiger partial charge on any atom is 0.236 e. The van der Waals surface area contributed by atoms with E-state index >= 15 is 0 Å². The minimum absolute atomic E-state index is 0.0991. The normalized spacial score (nSPS) is 17.8. The molecule has 1 amide bonds. The lowest BCUT2D eigenvalue weighted by Gasteiger charge is -2.46. The van der Waals surface area contributed by atoms with Crippen LogP contribution in [0.4, 0.5) is 0 Å². The van der Waals surface area contributed by atoms with Gasteiger partial charge in [0.2, 0.25) is 5.91 Å². The summed E-state index contributed by atoms with van der Waals surface area (Å²) in [4.78, 5) is 15.8. The van der Waals surface area contributed by atoms with Crippen molar-refractivity contribution < 1.29 is 9.90 Å². The van der Waals surface area contributed by atoms with Gasteiger partial charge in [0.05, 0.1) is 12.1 Å². The maximum absolute atomic E-state index is 12.1. The molecule has 1 aromatic rings. The second-order valence-electron chi connectivity index (χ2n) is 5.46. The van der Waals surface area contributed by atoms with Crippen LogP contribution in [-0.2, 0) is 11.3 Å². The summed E-state index contributed by atoms with van der Waals surface area (Å²) in [5, 5.41) is 9.91. The molecule has 0 unspecified atom stereocenters. The molecule has 0 radical (unpaired) electrons. The number of nitrogens with zero attached hydrogens (tertiary/aromatic N) is 2. The van der Waals surface area contributed by atoms with Crippen molar-refractivity contribution in [1.82, 2.24) is 9.80 Å². The Balaban J connectivity index is 1.78. The molecule has 0 aliphatic carbocycles. The average molecular weight is 262 g/mol. The highest BCUT2D eigenvalue weighted by molar-refractivity contribution is 5.78. The fourth-order valence-electron chi connectivity index (χ4n) is 2.38. The molecule has 19 heavy (non-hydrogen) atoms. The number of carbonyl (C=O) groups is 1. The van der Waals surface area contributed by atoms with Gasteiger partial charge in [-0.15, -0.1) is 0 Å². The molecule has 0 spiro atoms. The SMILES string of the molecule is CCC1(O)CN(CC(=O)N(C)Cc2ccccc2)C1. The Morgan fingerprint density at radius 1 is 1.37 bits per heavy atom. The number of likely N-dealkylation sites (tertiary alicyclic amines) is 1. The van der Waals surface area contributed by atoms with E-state index in [2.05, 4.69) is 0 Å². The fourth-order valence-corrected chi connectivity index (χ4v) is 2.38. The summed E-state index contributed by atoms with van der Waals surface area (Å²) in [6.07, 6.45) is 0.748. The summed E-state index contributed by atoms with van der Waals surface area (Å²) in [6, 6.07) is 9.96. The fraction of sp³-hybridized carbons (Fsp3) is 0.533. The van der Waals surface area contributed by atoms with Crippen LogP contribution < -0.4 is 0 Å². The highest BCUT2D eigenvalue weighted by atomic mass is 16.3. The molecule has 4 heteroatoms. The molecule has 0 saturated carbocycles. The summed E-state index contributed by atoms with van der Waals surface area (Å²) >= 11 is 0. The number of rotatable bonds is 5. The summed E-state index contributed by atoms with van der Waals surface area (Å²) in [5.41, 5.74) is 0.560. The number of likely N-dealkylation sites (N-methyl/N-ethyl adjacent to an activating group) is 1.